The van der Waals surface area contributed by atoms with Gasteiger partial charge in [-0.2, -0.15) is 0 Å². The molecule has 1 N–H and O–H groups in total. The first-order chi connectivity index (χ1) is 10.4. The lowest BCUT2D eigenvalue weighted by Crippen LogP contribution is -2.41. The van der Waals surface area contributed by atoms with E-state index in [2.05, 4.69) is 11.6 Å². The summed E-state index contributed by atoms with van der Waals surface area (Å²) in [5, 5.41) is 0.310. The Bertz CT molecular complexity index is 633. The maximum absolute atomic E-state index is 12.7. The Kier molecular flexibility index (Phi) is 5.58. The van der Waals surface area contributed by atoms with Gasteiger partial charge < -0.3 is 9.47 Å². The van der Waals surface area contributed by atoms with Gasteiger partial charge in [-0.1, -0.05) is 31.4 Å². The van der Waals surface area contributed by atoms with E-state index in [0.29, 0.717) is 16.7 Å². The first kappa shape index (κ1) is 17.4. The van der Waals surface area contributed by atoms with E-state index >= 15 is 0 Å². The molecule has 0 aromatic heterocycles. The molecule has 0 bridgehead atoms. The van der Waals surface area contributed by atoms with Crippen molar-refractivity contribution in [3.05, 3.63) is 17.2 Å². The maximum atomic E-state index is 12.7. The maximum Gasteiger partial charge on any atom is 0.244 e. The standard InChI is InChI=1S/C15H22ClNO4S/c1-10-6-4-5-7-12(10)17-22(18,19)15-9-13(20-2)11(16)8-14(15)21-3/h8-10,12,17H,4-7H2,1-3H3. The molecule has 7 heteroatoms. The van der Waals surface area contributed by atoms with E-state index in [-0.39, 0.29) is 16.7 Å². The first-order valence-electron chi connectivity index (χ1n) is 7.33. The van der Waals surface area contributed by atoms with Gasteiger partial charge in [-0.15, -0.1) is 0 Å². The summed E-state index contributed by atoms with van der Waals surface area (Å²) >= 11 is 6.03. The number of sulfonamides is 1. The average Bonchev–Trinajstić information content (AvgIpc) is 2.48. The van der Waals surface area contributed by atoms with Gasteiger partial charge in [0.25, 0.3) is 0 Å². The minimum absolute atomic E-state index is 0.0500. The highest BCUT2D eigenvalue weighted by atomic mass is 35.5. The molecule has 1 aliphatic rings. The summed E-state index contributed by atoms with van der Waals surface area (Å²) in [6.45, 7) is 2.08. The summed E-state index contributed by atoms with van der Waals surface area (Å²) in [5.41, 5.74) is 0. The van der Waals surface area contributed by atoms with Crippen LogP contribution in [0.25, 0.3) is 0 Å². The predicted octanol–water partition coefficient (Wildman–Crippen LogP) is 3.21. The number of nitrogens with one attached hydrogen (secondary N) is 1. The summed E-state index contributed by atoms with van der Waals surface area (Å²) in [4.78, 5) is 0.0500. The lowest BCUT2D eigenvalue weighted by atomic mass is 9.87. The normalized spacial score (nSPS) is 22.4. The van der Waals surface area contributed by atoms with Crippen LogP contribution in [0.2, 0.25) is 5.02 Å². The van der Waals surface area contributed by atoms with Crippen LogP contribution in [0.3, 0.4) is 0 Å². The van der Waals surface area contributed by atoms with E-state index in [4.69, 9.17) is 21.1 Å². The van der Waals surface area contributed by atoms with Crippen molar-refractivity contribution >= 4 is 21.6 Å². The van der Waals surface area contributed by atoms with Crippen molar-refractivity contribution in [2.75, 3.05) is 14.2 Å². The lowest BCUT2D eigenvalue weighted by Gasteiger charge is -2.29. The monoisotopic (exact) mass is 347 g/mol. The highest BCUT2D eigenvalue weighted by Gasteiger charge is 2.29. The Hall–Kier alpha value is -0.980. The third-order valence-electron chi connectivity index (χ3n) is 4.15. The van der Waals surface area contributed by atoms with Gasteiger partial charge in [0, 0.05) is 18.2 Å². The minimum Gasteiger partial charge on any atom is -0.495 e. The van der Waals surface area contributed by atoms with E-state index in [1.54, 1.807) is 0 Å². The molecular formula is C15H22ClNO4S. The van der Waals surface area contributed by atoms with Crippen LogP contribution in [-0.2, 0) is 10.0 Å². The summed E-state index contributed by atoms with van der Waals surface area (Å²) < 4.78 is 38.5. The molecule has 0 radical (unpaired) electrons. The van der Waals surface area contributed by atoms with Gasteiger partial charge in [0.15, 0.2) is 0 Å². The fourth-order valence-electron chi connectivity index (χ4n) is 2.80. The van der Waals surface area contributed by atoms with Crippen LogP contribution in [0.4, 0.5) is 0 Å². The molecule has 1 aromatic rings. The van der Waals surface area contributed by atoms with Gasteiger partial charge in [0.05, 0.1) is 19.2 Å². The van der Waals surface area contributed by atoms with E-state index in [1.807, 2.05) is 0 Å². The Labute approximate surface area is 137 Å². The van der Waals surface area contributed by atoms with Crippen LogP contribution in [0.15, 0.2) is 17.0 Å². The second kappa shape index (κ2) is 7.06. The number of rotatable bonds is 5. The second-order valence-electron chi connectivity index (χ2n) is 5.63. The van der Waals surface area contributed by atoms with E-state index in [1.165, 1.54) is 26.4 Å². The van der Waals surface area contributed by atoms with Crippen LogP contribution in [0.5, 0.6) is 11.5 Å². The molecule has 2 unspecified atom stereocenters. The van der Waals surface area contributed by atoms with E-state index in [0.717, 1.165) is 25.7 Å². The number of methoxy groups -OCH3 is 2. The molecule has 0 aliphatic heterocycles. The summed E-state index contributed by atoms with van der Waals surface area (Å²) in [6, 6.07) is 2.81. The molecule has 1 aromatic carbocycles. The van der Waals surface area contributed by atoms with Crippen molar-refractivity contribution in [1.29, 1.82) is 0 Å². The second-order valence-corrected chi connectivity index (χ2v) is 7.72. The van der Waals surface area contributed by atoms with Gasteiger partial charge in [-0.25, -0.2) is 13.1 Å². The molecule has 1 saturated carbocycles. The largest absolute Gasteiger partial charge is 0.495 e. The molecule has 1 fully saturated rings. The van der Waals surface area contributed by atoms with Crippen LogP contribution in [0, 0.1) is 5.92 Å². The summed E-state index contributed by atoms with van der Waals surface area (Å²) in [7, 11) is -0.836. The predicted molar refractivity (Wildman–Crippen MR) is 86.3 cm³/mol. The van der Waals surface area contributed by atoms with Crippen LogP contribution in [0.1, 0.15) is 32.6 Å². The highest BCUT2D eigenvalue weighted by Crippen LogP contribution is 2.35. The van der Waals surface area contributed by atoms with Crippen molar-refractivity contribution in [2.24, 2.45) is 5.92 Å². The number of hydrogen-bond donors (Lipinski definition) is 1. The number of halogens is 1. The van der Waals surface area contributed by atoms with Crippen LogP contribution < -0.4 is 14.2 Å². The van der Waals surface area contributed by atoms with Crippen LogP contribution >= 0.6 is 11.6 Å². The Morgan fingerprint density at radius 2 is 1.77 bits per heavy atom. The Morgan fingerprint density at radius 1 is 1.14 bits per heavy atom. The third kappa shape index (κ3) is 3.67. The van der Waals surface area contributed by atoms with E-state index < -0.39 is 10.0 Å². The molecule has 0 saturated heterocycles. The minimum atomic E-state index is -3.70. The molecular weight excluding hydrogens is 326 g/mol. The van der Waals surface area contributed by atoms with Gasteiger partial charge in [-0.3, -0.25) is 0 Å². The van der Waals surface area contributed by atoms with Crippen molar-refractivity contribution in [1.82, 2.24) is 4.72 Å². The fraction of sp³-hybridized carbons (Fsp3) is 0.600. The molecule has 1 aliphatic carbocycles. The third-order valence-corrected chi connectivity index (χ3v) is 5.95. The molecule has 22 heavy (non-hydrogen) atoms. The van der Waals surface area contributed by atoms with Crippen LogP contribution in [-0.4, -0.2) is 28.7 Å². The Morgan fingerprint density at radius 3 is 2.36 bits per heavy atom. The zero-order valence-electron chi connectivity index (χ0n) is 13.1. The molecule has 2 atom stereocenters. The number of hydrogen-bond acceptors (Lipinski definition) is 4. The summed E-state index contributed by atoms with van der Waals surface area (Å²) in [5.74, 6) is 0.838. The van der Waals surface area contributed by atoms with Crippen molar-refractivity contribution in [3.63, 3.8) is 0 Å². The Balaban J connectivity index is 2.35. The molecule has 5 nitrogen and oxygen atoms in total. The number of ether oxygens (including phenoxy) is 2. The van der Waals surface area contributed by atoms with Gasteiger partial charge in [-0.05, 0) is 18.8 Å². The molecule has 0 spiro atoms. The van der Waals surface area contributed by atoms with E-state index in [9.17, 15) is 8.42 Å². The molecule has 2 rings (SSSR count). The van der Waals surface area contributed by atoms with Gasteiger partial charge >= 0.3 is 0 Å². The topological polar surface area (TPSA) is 64.6 Å². The van der Waals surface area contributed by atoms with Gasteiger partial charge in [0.2, 0.25) is 10.0 Å². The summed E-state index contributed by atoms with van der Waals surface area (Å²) in [6.07, 6.45) is 4.08. The smallest absolute Gasteiger partial charge is 0.244 e. The zero-order chi connectivity index (χ0) is 16.3. The number of benzene rings is 1. The first-order valence-corrected chi connectivity index (χ1v) is 9.19. The molecule has 0 heterocycles. The zero-order valence-corrected chi connectivity index (χ0v) is 14.6. The highest BCUT2D eigenvalue weighted by molar-refractivity contribution is 7.89. The molecule has 0 amide bonds. The quantitative estimate of drug-likeness (QED) is 0.888. The van der Waals surface area contributed by atoms with Crippen molar-refractivity contribution in [2.45, 2.75) is 43.5 Å². The van der Waals surface area contributed by atoms with Crippen molar-refractivity contribution in [3.8, 4) is 11.5 Å². The van der Waals surface area contributed by atoms with Crippen molar-refractivity contribution < 1.29 is 17.9 Å². The van der Waals surface area contributed by atoms with Gasteiger partial charge in [0.1, 0.15) is 16.4 Å². The molecule has 124 valence electrons. The fourth-order valence-corrected chi connectivity index (χ4v) is 4.57. The average molecular weight is 348 g/mol. The lowest BCUT2D eigenvalue weighted by molar-refractivity contribution is 0.310. The SMILES string of the molecule is COc1cc(S(=O)(=O)NC2CCCCC2C)c(OC)cc1Cl.